The number of ether oxygens (including phenoxy) is 2. The third-order valence-corrected chi connectivity index (χ3v) is 3.61. The van der Waals surface area contributed by atoms with E-state index >= 15 is 0 Å². The van der Waals surface area contributed by atoms with Gasteiger partial charge in [-0.2, -0.15) is 0 Å². The Kier molecular flexibility index (Phi) is 6.23. The van der Waals surface area contributed by atoms with Gasteiger partial charge in [-0.3, -0.25) is 0 Å². The standard InChI is InChI=1S/C16H26N2O3/c1-3-5-9-20-14-11-13(15(19)12-7-8-12)17-18-16(14)21-10-6-4-2/h11-12,15,19H,3-10H2,1-2H3. The van der Waals surface area contributed by atoms with Gasteiger partial charge < -0.3 is 14.6 Å². The molecule has 1 N–H and O–H groups in total. The zero-order valence-electron chi connectivity index (χ0n) is 13.0. The van der Waals surface area contributed by atoms with E-state index in [2.05, 4.69) is 24.0 Å². The maximum Gasteiger partial charge on any atom is 0.276 e. The van der Waals surface area contributed by atoms with Gasteiger partial charge in [0, 0.05) is 6.07 Å². The van der Waals surface area contributed by atoms with Gasteiger partial charge in [-0.1, -0.05) is 26.7 Å². The molecule has 21 heavy (non-hydrogen) atoms. The van der Waals surface area contributed by atoms with Crippen LogP contribution < -0.4 is 9.47 Å². The lowest BCUT2D eigenvalue weighted by Gasteiger charge is -2.14. The van der Waals surface area contributed by atoms with Crippen molar-refractivity contribution in [1.82, 2.24) is 10.2 Å². The summed E-state index contributed by atoms with van der Waals surface area (Å²) in [7, 11) is 0. The summed E-state index contributed by atoms with van der Waals surface area (Å²) in [5.74, 6) is 1.37. The molecule has 5 nitrogen and oxygen atoms in total. The quantitative estimate of drug-likeness (QED) is 0.671. The first-order chi connectivity index (χ1) is 10.3. The zero-order valence-corrected chi connectivity index (χ0v) is 13.0. The van der Waals surface area contributed by atoms with E-state index in [1.54, 1.807) is 6.07 Å². The number of aromatic nitrogens is 2. The molecule has 1 aromatic rings. The molecule has 0 saturated heterocycles. The van der Waals surface area contributed by atoms with Crippen molar-refractivity contribution >= 4 is 0 Å². The molecule has 1 aliphatic rings. The van der Waals surface area contributed by atoms with Crippen LogP contribution in [0.5, 0.6) is 11.6 Å². The SMILES string of the molecule is CCCCOc1cc(C(O)C2CC2)nnc1OCCCC. The molecule has 5 heteroatoms. The lowest BCUT2D eigenvalue weighted by atomic mass is 10.1. The van der Waals surface area contributed by atoms with Gasteiger partial charge in [-0.15, -0.1) is 10.2 Å². The van der Waals surface area contributed by atoms with Crippen LogP contribution in [-0.4, -0.2) is 28.5 Å². The molecule has 1 fully saturated rings. The van der Waals surface area contributed by atoms with E-state index in [4.69, 9.17) is 9.47 Å². The van der Waals surface area contributed by atoms with E-state index in [0.29, 0.717) is 36.5 Å². The summed E-state index contributed by atoms with van der Waals surface area (Å²) >= 11 is 0. The summed E-state index contributed by atoms with van der Waals surface area (Å²) < 4.78 is 11.4. The third-order valence-electron chi connectivity index (χ3n) is 3.61. The maximum absolute atomic E-state index is 10.2. The molecule has 1 unspecified atom stereocenters. The van der Waals surface area contributed by atoms with Crippen molar-refractivity contribution in [1.29, 1.82) is 0 Å². The molecule has 1 atom stereocenters. The lowest BCUT2D eigenvalue weighted by molar-refractivity contribution is 0.146. The van der Waals surface area contributed by atoms with Crippen molar-refractivity contribution in [3.05, 3.63) is 11.8 Å². The molecule has 1 aromatic heterocycles. The molecule has 1 heterocycles. The van der Waals surface area contributed by atoms with Gasteiger partial charge in [-0.05, 0) is 31.6 Å². The molecule has 0 amide bonds. The van der Waals surface area contributed by atoms with E-state index in [9.17, 15) is 5.11 Å². The van der Waals surface area contributed by atoms with E-state index in [1.807, 2.05) is 0 Å². The van der Waals surface area contributed by atoms with Crippen LogP contribution >= 0.6 is 0 Å². The average Bonchev–Trinajstić information content (AvgIpc) is 3.33. The Labute approximate surface area is 126 Å². The van der Waals surface area contributed by atoms with E-state index in [-0.39, 0.29) is 0 Å². The van der Waals surface area contributed by atoms with Crippen molar-refractivity contribution in [2.24, 2.45) is 5.92 Å². The first kappa shape index (κ1) is 16.0. The van der Waals surface area contributed by atoms with Gasteiger partial charge >= 0.3 is 0 Å². The number of hydrogen-bond donors (Lipinski definition) is 1. The summed E-state index contributed by atoms with van der Waals surface area (Å²) in [5.41, 5.74) is 0.590. The maximum atomic E-state index is 10.2. The number of unbranched alkanes of at least 4 members (excludes halogenated alkanes) is 2. The van der Waals surface area contributed by atoms with Gasteiger partial charge in [0.1, 0.15) is 6.10 Å². The van der Waals surface area contributed by atoms with Crippen LogP contribution in [-0.2, 0) is 0 Å². The molecule has 1 aliphatic carbocycles. The molecular weight excluding hydrogens is 268 g/mol. The largest absolute Gasteiger partial charge is 0.488 e. The second-order valence-electron chi connectivity index (χ2n) is 5.62. The van der Waals surface area contributed by atoms with Crippen molar-refractivity contribution in [2.45, 2.75) is 58.5 Å². The Hall–Kier alpha value is -1.36. The summed E-state index contributed by atoms with van der Waals surface area (Å²) in [6.07, 6.45) is 5.68. The number of nitrogens with zero attached hydrogens (tertiary/aromatic N) is 2. The van der Waals surface area contributed by atoms with Crippen molar-refractivity contribution < 1.29 is 14.6 Å². The minimum Gasteiger partial charge on any atom is -0.488 e. The van der Waals surface area contributed by atoms with Crippen LogP contribution in [0.4, 0.5) is 0 Å². The highest BCUT2D eigenvalue weighted by atomic mass is 16.5. The predicted octanol–water partition coefficient (Wildman–Crippen LogP) is 3.28. The molecule has 0 aliphatic heterocycles. The third kappa shape index (κ3) is 4.84. The fourth-order valence-corrected chi connectivity index (χ4v) is 2.02. The normalized spacial score (nSPS) is 15.8. The Balaban J connectivity index is 2.06. The summed E-state index contributed by atoms with van der Waals surface area (Å²) in [4.78, 5) is 0. The summed E-state index contributed by atoms with van der Waals surface area (Å²) in [6.45, 7) is 5.48. The Morgan fingerprint density at radius 1 is 1.14 bits per heavy atom. The van der Waals surface area contributed by atoms with Crippen LogP contribution in [0.1, 0.15) is 64.2 Å². The molecule has 0 radical (unpaired) electrons. The zero-order chi connectivity index (χ0) is 15.1. The van der Waals surface area contributed by atoms with E-state index < -0.39 is 6.10 Å². The van der Waals surface area contributed by atoms with Crippen molar-refractivity contribution in [3.8, 4) is 11.6 Å². The highest BCUT2D eigenvalue weighted by Crippen LogP contribution is 2.41. The van der Waals surface area contributed by atoms with Crippen molar-refractivity contribution in [2.75, 3.05) is 13.2 Å². The van der Waals surface area contributed by atoms with Crippen LogP contribution in [0.2, 0.25) is 0 Å². The summed E-state index contributed by atoms with van der Waals surface area (Å²) in [5, 5.41) is 18.4. The molecule has 2 rings (SSSR count). The number of aliphatic hydroxyl groups is 1. The molecule has 0 aromatic carbocycles. The van der Waals surface area contributed by atoms with Gasteiger partial charge in [0.05, 0.1) is 18.9 Å². The second kappa shape index (κ2) is 8.17. The monoisotopic (exact) mass is 294 g/mol. The summed E-state index contributed by atoms with van der Waals surface area (Å²) in [6, 6.07) is 1.78. The topological polar surface area (TPSA) is 64.5 Å². The minimum atomic E-state index is -0.532. The number of aliphatic hydroxyl groups excluding tert-OH is 1. The van der Waals surface area contributed by atoms with Gasteiger partial charge in [-0.25, -0.2) is 0 Å². The van der Waals surface area contributed by atoms with Crippen LogP contribution in [0.15, 0.2) is 6.07 Å². The van der Waals surface area contributed by atoms with Crippen LogP contribution in [0, 0.1) is 5.92 Å². The second-order valence-corrected chi connectivity index (χ2v) is 5.62. The van der Waals surface area contributed by atoms with Gasteiger partial charge in [0.25, 0.3) is 5.88 Å². The highest BCUT2D eigenvalue weighted by Gasteiger charge is 2.32. The van der Waals surface area contributed by atoms with Gasteiger partial charge in [0.15, 0.2) is 5.75 Å². The fourth-order valence-electron chi connectivity index (χ4n) is 2.02. The van der Waals surface area contributed by atoms with E-state index in [1.165, 1.54) is 0 Å². The first-order valence-electron chi connectivity index (χ1n) is 8.07. The minimum absolute atomic E-state index is 0.328. The van der Waals surface area contributed by atoms with Crippen molar-refractivity contribution in [3.63, 3.8) is 0 Å². The average molecular weight is 294 g/mol. The predicted molar refractivity (Wildman–Crippen MR) is 80.5 cm³/mol. The fraction of sp³-hybridized carbons (Fsp3) is 0.750. The molecule has 0 spiro atoms. The van der Waals surface area contributed by atoms with Crippen LogP contribution in [0.25, 0.3) is 0 Å². The molecular formula is C16H26N2O3. The Morgan fingerprint density at radius 2 is 1.81 bits per heavy atom. The number of hydrogen-bond acceptors (Lipinski definition) is 5. The molecule has 1 saturated carbocycles. The smallest absolute Gasteiger partial charge is 0.276 e. The Morgan fingerprint density at radius 3 is 2.43 bits per heavy atom. The number of rotatable bonds is 10. The van der Waals surface area contributed by atoms with Crippen LogP contribution in [0.3, 0.4) is 0 Å². The Bertz CT molecular complexity index is 436. The first-order valence-corrected chi connectivity index (χ1v) is 8.07. The molecule has 118 valence electrons. The lowest BCUT2D eigenvalue weighted by Crippen LogP contribution is -2.09. The highest BCUT2D eigenvalue weighted by molar-refractivity contribution is 5.34. The van der Waals surface area contributed by atoms with Gasteiger partial charge in [0.2, 0.25) is 0 Å². The van der Waals surface area contributed by atoms with E-state index in [0.717, 1.165) is 38.5 Å². The molecule has 0 bridgehead atoms.